The van der Waals surface area contributed by atoms with Crippen molar-refractivity contribution in [1.82, 2.24) is 5.32 Å². The maximum absolute atomic E-state index is 11.9. The number of hydrogen-bond acceptors (Lipinski definition) is 3. The number of carbonyl (C=O) groups excluding carboxylic acids is 1. The lowest BCUT2D eigenvalue weighted by atomic mass is 10.1. The molecule has 2 unspecified atom stereocenters. The van der Waals surface area contributed by atoms with Crippen molar-refractivity contribution >= 4 is 22.4 Å². The summed E-state index contributed by atoms with van der Waals surface area (Å²) >= 11 is 0. The third-order valence-electron chi connectivity index (χ3n) is 2.76. The van der Waals surface area contributed by atoms with E-state index in [-0.39, 0.29) is 11.2 Å². The quantitative estimate of drug-likeness (QED) is 0.794. The van der Waals surface area contributed by atoms with Crippen molar-refractivity contribution in [3.05, 3.63) is 29.3 Å². The maximum Gasteiger partial charge on any atom is 0.251 e. The zero-order chi connectivity index (χ0) is 13.7. The molecule has 0 heterocycles. The van der Waals surface area contributed by atoms with Crippen LogP contribution in [0.1, 0.15) is 29.3 Å². The van der Waals surface area contributed by atoms with Crippen molar-refractivity contribution in [2.75, 3.05) is 18.5 Å². The molecule has 0 spiro atoms. The van der Waals surface area contributed by atoms with Crippen molar-refractivity contribution < 1.29 is 9.00 Å². The summed E-state index contributed by atoms with van der Waals surface area (Å²) in [5.41, 5.74) is 7.81. The molecule has 3 N–H and O–H groups in total. The van der Waals surface area contributed by atoms with Crippen LogP contribution in [0, 0.1) is 6.92 Å². The van der Waals surface area contributed by atoms with E-state index in [0.717, 1.165) is 5.56 Å². The molecule has 0 saturated heterocycles. The number of aryl methyl sites for hydroxylation is 1. The highest BCUT2D eigenvalue weighted by Gasteiger charge is 2.09. The Labute approximate surface area is 110 Å². The van der Waals surface area contributed by atoms with Crippen LogP contribution in [0.3, 0.4) is 0 Å². The van der Waals surface area contributed by atoms with E-state index in [4.69, 9.17) is 5.73 Å². The average Bonchev–Trinajstić information content (AvgIpc) is 2.27. The van der Waals surface area contributed by atoms with E-state index >= 15 is 0 Å². The van der Waals surface area contributed by atoms with Gasteiger partial charge in [0.15, 0.2) is 0 Å². The first-order chi connectivity index (χ1) is 8.40. The molecule has 1 aromatic carbocycles. The first-order valence-corrected chi connectivity index (χ1v) is 7.50. The topological polar surface area (TPSA) is 72.2 Å². The molecule has 0 fully saturated rings. The van der Waals surface area contributed by atoms with E-state index in [1.165, 1.54) is 0 Å². The third-order valence-corrected chi connectivity index (χ3v) is 4.13. The van der Waals surface area contributed by atoms with Crippen LogP contribution in [0.4, 0.5) is 5.69 Å². The Bertz CT molecular complexity index is 440. The fourth-order valence-electron chi connectivity index (χ4n) is 1.60. The molecular formula is C13H20N2O2S. The molecule has 1 aromatic rings. The SMILES string of the molecule is Cc1cc(N)cc(C(=O)NCCC(C)S(C)=O)c1. The first kappa shape index (κ1) is 14.7. The van der Waals surface area contributed by atoms with E-state index < -0.39 is 10.8 Å². The third kappa shape index (κ3) is 4.49. The number of anilines is 1. The largest absolute Gasteiger partial charge is 0.399 e. The van der Waals surface area contributed by atoms with Crippen LogP contribution in [-0.2, 0) is 10.8 Å². The zero-order valence-electron chi connectivity index (χ0n) is 11.0. The number of nitrogens with two attached hydrogens (primary N) is 1. The van der Waals surface area contributed by atoms with Crippen molar-refractivity contribution in [2.24, 2.45) is 0 Å². The molecule has 0 aromatic heterocycles. The average molecular weight is 268 g/mol. The van der Waals surface area contributed by atoms with Crippen LogP contribution < -0.4 is 11.1 Å². The summed E-state index contributed by atoms with van der Waals surface area (Å²) in [6.07, 6.45) is 2.38. The monoisotopic (exact) mass is 268 g/mol. The van der Waals surface area contributed by atoms with Gasteiger partial charge < -0.3 is 11.1 Å². The summed E-state index contributed by atoms with van der Waals surface area (Å²) in [5.74, 6) is -0.139. The smallest absolute Gasteiger partial charge is 0.251 e. The van der Waals surface area contributed by atoms with E-state index in [1.54, 1.807) is 18.4 Å². The van der Waals surface area contributed by atoms with Gasteiger partial charge in [0.05, 0.1) is 0 Å². The Kier molecular flexibility index (Phi) is 5.34. The number of nitrogens with one attached hydrogen (secondary N) is 1. The molecule has 1 amide bonds. The summed E-state index contributed by atoms with van der Waals surface area (Å²) in [5, 5.41) is 2.90. The summed E-state index contributed by atoms with van der Waals surface area (Å²) in [6.45, 7) is 4.33. The molecule has 0 bridgehead atoms. The molecule has 4 nitrogen and oxygen atoms in total. The Balaban J connectivity index is 2.53. The van der Waals surface area contributed by atoms with Crippen LogP contribution in [0.2, 0.25) is 0 Å². The van der Waals surface area contributed by atoms with E-state index in [2.05, 4.69) is 5.32 Å². The van der Waals surface area contributed by atoms with Crippen LogP contribution in [0.15, 0.2) is 18.2 Å². The number of carbonyl (C=O) groups is 1. The van der Waals surface area contributed by atoms with Gasteiger partial charge in [0, 0.05) is 40.1 Å². The number of hydrogen-bond donors (Lipinski definition) is 2. The molecule has 5 heteroatoms. The van der Waals surface area contributed by atoms with Gasteiger partial charge in [0.2, 0.25) is 0 Å². The minimum atomic E-state index is -0.848. The molecular weight excluding hydrogens is 248 g/mol. The van der Waals surface area contributed by atoms with Crippen molar-refractivity contribution in [3.8, 4) is 0 Å². The standard InChI is InChI=1S/C13H20N2O2S/c1-9-6-11(8-12(14)7-9)13(16)15-5-4-10(2)18(3)17/h6-8,10H,4-5,14H2,1-3H3,(H,15,16). The van der Waals surface area contributed by atoms with Crippen molar-refractivity contribution in [2.45, 2.75) is 25.5 Å². The molecule has 18 heavy (non-hydrogen) atoms. The summed E-state index contributed by atoms with van der Waals surface area (Å²) in [7, 11) is -0.848. The summed E-state index contributed by atoms with van der Waals surface area (Å²) in [4.78, 5) is 11.9. The second-order valence-electron chi connectivity index (χ2n) is 4.49. The minimum Gasteiger partial charge on any atom is -0.399 e. The van der Waals surface area contributed by atoms with Gasteiger partial charge in [0.25, 0.3) is 5.91 Å². The molecule has 1 rings (SSSR count). The van der Waals surface area contributed by atoms with Crippen molar-refractivity contribution in [3.63, 3.8) is 0 Å². The number of rotatable bonds is 5. The lowest BCUT2D eigenvalue weighted by molar-refractivity contribution is 0.0953. The van der Waals surface area contributed by atoms with E-state index in [0.29, 0.717) is 24.2 Å². The van der Waals surface area contributed by atoms with Gasteiger partial charge in [-0.2, -0.15) is 0 Å². The molecule has 0 aliphatic carbocycles. The van der Waals surface area contributed by atoms with Crippen molar-refractivity contribution in [1.29, 1.82) is 0 Å². The Morgan fingerprint density at radius 3 is 2.67 bits per heavy atom. The van der Waals surface area contributed by atoms with Gasteiger partial charge >= 0.3 is 0 Å². The van der Waals surface area contributed by atoms with Gasteiger partial charge in [-0.15, -0.1) is 0 Å². The Morgan fingerprint density at radius 2 is 2.11 bits per heavy atom. The molecule has 2 atom stereocenters. The molecule has 0 aliphatic heterocycles. The summed E-state index contributed by atoms with van der Waals surface area (Å²) < 4.78 is 11.2. The molecule has 100 valence electrons. The van der Waals surface area contributed by atoms with Crippen LogP contribution in [-0.4, -0.2) is 28.2 Å². The van der Waals surface area contributed by atoms with E-state index in [9.17, 15) is 9.00 Å². The number of benzene rings is 1. The second kappa shape index (κ2) is 6.54. The second-order valence-corrected chi connectivity index (χ2v) is 6.29. The van der Waals surface area contributed by atoms with Crippen LogP contribution in [0.25, 0.3) is 0 Å². The van der Waals surface area contributed by atoms with E-state index in [1.807, 2.05) is 19.9 Å². The van der Waals surface area contributed by atoms with Crippen LogP contribution in [0.5, 0.6) is 0 Å². The van der Waals surface area contributed by atoms with Gasteiger partial charge in [-0.25, -0.2) is 0 Å². The zero-order valence-corrected chi connectivity index (χ0v) is 11.8. The van der Waals surface area contributed by atoms with Gasteiger partial charge in [-0.3, -0.25) is 9.00 Å². The predicted octanol–water partition coefficient (Wildman–Crippen LogP) is 1.46. The lowest BCUT2D eigenvalue weighted by Crippen LogP contribution is -2.27. The Hall–Kier alpha value is -1.36. The highest BCUT2D eigenvalue weighted by Crippen LogP contribution is 2.11. The first-order valence-electron chi connectivity index (χ1n) is 5.87. The van der Waals surface area contributed by atoms with Gasteiger partial charge in [-0.05, 0) is 37.1 Å². The molecule has 0 saturated carbocycles. The molecule has 0 aliphatic rings. The lowest BCUT2D eigenvalue weighted by Gasteiger charge is -2.10. The van der Waals surface area contributed by atoms with Gasteiger partial charge in [-0.1, -0.05) is 6.92 Å². The number of nitrogen functional groups attached to an aromatic ring is 1. The number of amides is 1. The van der Waals surface area contributed by atoms with Gasteiger partial charge in [0.1, 0.15) is 0 Å². The highest BCUT2D eigenvalue weighted by molar-refractivity contribution is 7.84. The minimum absolute atomic E-state index is 0.0906. The fraction of sp³-hybridized carbons (Fsp3) is 0.462. The van der Waals surface area contributed by atoms with Crippen LogP contribution >= 0.6 is 0 Å². The highest BCUT2D eigenvalue weighted by atomic mass is 32.2. The normalized spacial score (nSPS) is 13.9. The maximum atomic E-state index is 11.9. The Morgan fingerprint density at radius 1 is 1.44 bits per heavy atom. The predicted molar refractivity (Wildman–Crippen MR) is 76.1 cm³/mol. The fourth-order valence-corrected chi connectivity index (χ4v) is 2.05. The summed E-state index contributed by atoms with van der Waals surface area (Å²) in [6, 6.07) is 5.27. The molecule has 0 radical (unpaired) electrons.